The van der Waals surface area contributed by atoms with Crippen molar-refractivity contribution >= 4 is 0 Å². The van der Waals surface area contributed by atoms with Gasteiger partial charge in [0.15, 0.2) is 0 Å². The monoisotopic (exact) mass is 202 g/mol. The van der Waals surface area contributed by atoms with Crippen LogP contribution in [0.15, 0.2) is 54.6 Å². The largest absolute Gasteiger partial charge is 0.348 e. The number of rotatable bonds is 2. The van der Waals surface area contributed by atoms with Gasteiger partial charge < -0.3 is 5.73 Å². The average Bonchev–Trinajstić information content (AvgIpc) is 2.30. The van der Waals surface area contributed by atoms with Crippen molar-refractivity contribution in [2.75, 3.05) is 0 Å². The third kappa shape index (κ3) is 2.22. The van der Waals surface area contributed by atoms with Gasteiger partial charge in [-0.05, 0) is 24.3 Å². The van der Waals surface area contributed by atoms with Crippen molar-refractivity contribution < 1.29 is 10.1 Å². The molecule has 0 saturated carbocycles. The van der Waals surface area contributed by atoms with Crippen LogP contribution in [0.25, 0.3) is 0 Å². The Morgan fingerprint density at radius 3 is 1.93 bits per heavy atom. The van der Waals surface area contributed by atoms with Crippen LogP contribution in [0.5, 0.6) is 0 Å². The van der Waals surface area contributed by atoms with E-state index in [2.05, 4.69) is 5.73 Å². The van der Waals surface area contributed by atoms with Gasteiger partial charge in [-0.25, -0.2) is 4.39 Å². The Kier molecular flexibility index (Phi) is 2.79. The summed E-state index contributed by atoms with van der Waals surface area (Å²) in [6, 6.07) is 16.6. The lowest BCUT2D eigenvalue weighted by molar-refractivity contribution is -0.411. The first kappa shape index (κ1) is 9.87. The zero-order valence-electron chi connectivity index (χ0n) is 8.36. The molecule has 0 aliphatic rings. The molecular formula is C13H13FN+. The minimum absolute atomic E-state index is 0.0619. The molecule has 0 fully saturated rings. The van der Waals surface area contributed by atoms with Crippen molar-refractivity contribution in [3.63, 3.8) is 0 Å². The fourth-order valence-corrected chi connectivity index (χ4v) is 1.57. The molecule has 0 bridgehead atoms. The van der Waals surface area contributed by atoms with Crippen molar-refractivity contribution in [2.45, 2.75) is 6.04 Å². The molecule has 0 amide bonds. The quantitative estimate of drug-likeness (QED) is 0.773. The number of hydrogen-bond donors (Lipinski definition) is 1. The van der Waals surface area contributed by atoms with E-state index in [1.807, 2.05) is 30.3 Å². The van der Waals surface area contributed by atoms with Crippen LogP contribution in [0.1, 0.15) is 17.2 Å². The SMILES string of the molecule is [NH3+]C(c1ccccc1)c1ccc(F)cc1. The zero-order chi connectivity index (χ0) is 10.7. The van der Waals surface area contributed by atoms with Crippen LogP contribution in [-0.4, -0.2) is 0 Å². The van der Waals surface area contributed by atoms with E-state index in [0.29, 0.717) is 0 Å². The third-order valence-corrected chi connectivity index (χ3v) is 2.47. The predicted molar refractivity (Wildman–Crippen MR) is 57.6 cm³/mol. The fourth-order valence-electron chi connectivity index (χ4n) is 1.57. The second-order valence-corrected chi connectivity index (χ2v) is 3.51. The standard InChI is InChI=1S/C13H12FN/c14-12-8-6-11(7-9-12)13(15)10-4-2-1-3-5-10/h1-9,13H,15H2/p+1. The molecule has 0 radical (unpaired) electrons. The van der Waals surface area contributed by atoms with E-state index in [1.165, 1.54) is 12.1 Å². The molecule has 3 N–H and O–H groups in total. The van der Waals surface area contributed by atoms with Gasteiger partial charge in [-0.2, -0.15) is 0 Å². The summed E-state index contributed by atoms with van der Waals surface area (Å²) in [7, 11) is 0. The van der Waals surface area contributed by atoms with Crippen LogP contribution < -0.4 is 5.73 Å². The van der Waals surface area contributed by atoms with Crippen LogP contribution in [0.3, 0.4) is 0 Å². The summed E-state index contributed by atoms with van der Waals surface area (Å²) in [5.74, 6) is -0.209. The van der Waals surface area contributed by atoms with Gasteiger partial charge in [-0.15, -0.1) is 0 Å². The van der Waals surface area contributed by atoms with E-state index in [-0.39, 0.29) is 11.9 Å². The molecule has 2 heteroatoms. The Morgan fingerprint density at radius 1 is 0.800 bits per heavy atom. The lowest BCUT2D eigenvalue weighted by Gasteiger charge is -2.08. The van der Waals surface area contributed by atoms with Crippen molar-refractivity contribution in [3.05, 3.63) is 71.5 Å². The maximum atomic E-state index is 12.7. The lowest BCUT2D eigenvalue weighted by atomic mass is 10.00. The molecule has 1 nitrogen and oxygen atoms in total. The maximum absolute atomic E-state index is 12.7. The molecule has 15 heavy (non-hydrogen) atoms. The topological polar surface area (TPSA) is 27.6 Å². The Labute approximate surface area is 88.4 Å². The maximum Gasteiger partial charge on any atom is 0.136 e. The van der Waals surface area contributed by atoms with Gasteiger partial charge in [0.2, 0.25) is 0 Å². The second kappa shape index (κ2) is 4.24. The Hall–Kier alpha value is -1.67. The molecule has 1 unspecified atom stereocenters. The predicted octanol–water partition coefficient (Wildman–Crippen LogP) is 2.16. The molecule has 2 aromatic carbocycles. The van der Waals surface area contributed by atoms with E-state index in [9.17, 15) is 4.39 Å². The first-order valence-corrected chi connectivity index (χ1v) is 4.91. The minimum Gasteiger partial charge on any atom is -0.348 e. The van der Waals surface area contributed by atoms with Gasteiger partial charge in [-0.1, -0.05) is 30.3 Å². The van der Waals surface area contributed by atoms with Crippen LogP contribution in [0.4, 0.5) is 4.39 Å². The Balaban J connectivity index is 2.29. The van der Waals surface area contributed by atoms with Crippen LogP contribution in [-0.2, 0) is 0 Å². The third-order valence-electron chi connectivity index (χ3n) is 2.47. The van der Waals surface area contributed by atoms with Gasteiger partial charge in [0.05, 0.1) is 0 Å². The molecule has 0 aromatic heterocycles. The summed E-state index contributed by atoms with van der Waals surface area (Å²) < 4.78 is 12.7. The first-order valence-electron chi connectivity index (χ1n) is 4.91. The summed E-state index contributed by atoms with van der Waals surface area (Å²) in [5, 5.41) is 0. The summed E-state index contributed by atoms with van der Waals surface area (Å²) in [4.78, 5) is 0. The summed E-state index contributed by atoms with van der Waals surface area (Å²) >= 11 is 0. The van der Waals surface area contributed by atoms with Crippen LogP contribution >= 0.6 is 0 Å². The number of quaternary nitrogens is 1. The molecule has 2 rings (SSSR count). The molecule has 0 saturated heterocycles. The minimum atomic E-state index is -0.209. The van der Waals surface area contributed by atoms with E-state index < -0.39 is 0 Å². The van der Waals surface area contributed by atoms with E-state index in [0.717, 1.165) is 11.1 Å². The smallest absolute Gasteiger partial charge is 0.136 e. The highest BCUT2D eigenvalue weighted by molar-refractivity contribution is 5.29. The van der Waals surface area contributed by atoms with E-state index in [1.54, 1.807) is 12.1 Å². The van der Waals surface area contributed by atoms with Gasteiger partial charge >= 0.3 is 0 Å². The molecule has 0 heterocycles. The van der Waals surface area contributed by atoms with Gasteiger partial charge in [-0.3, -0.25) is 0 Å². The van der Waals surface area contributed by atoms with Gasteiger partial charge in [0.25, 0.3) is 0 Å². The molecule has 0 aliphatic carbocycles. The molecule has 2 aromatic rings. The van der Waals surface area contributed by atoms with E-state index >= 15 is 0 Å². The highest BCUT2D eigenvalue weighted by atomic mass is 19.1. The Bertz CT molecular complexity index is 422. The highest BCUT2D eigenvalue weighted by Gasteiger charge is 2.11. The summed E-state index contributed by atoms with van der Waals surface area (Å²) in [5.41, 5.74) is 6.26. The second-order valence-electron chi connectivity index (χ2n) is 3.51. The van der Waals surface area contributed by atoms with E-state index in [4.69, 9.17) is 0 Å². The van der Waals surface area contributed by atoms with Crippen LogP contribution in [0, 0.1) is 5.82 Å². The summed E-state index contributed by atoms with van der Waals surface area (Å²) in [6.07, 6.45) is 0. The first-order chi connectivity index (χ1) is 7.27. The van der Waals surface area contributed by atoms with Crippen molar-refractivity contribution in [3.8, 4) is 0 Å². The van der Waals surface area contributed by atoms with Crippen LogP contribution in [0.2, 0.25) is 0 Å². The number of benzene rings is 2. The molecule has 0 spiro atoms. The van der Waals surface area contributed by atoms with Crippen molar-refractivity contribution in [1.29, 1.82) is 0 Å². The highest BCUT2D eigenvalue weighted by Crippen LogP contribution is 2.17. The molecule has 0 aliphatic heterocycles. The molecular weight excluding hydrogens is 189 g/mol. The van der Waals surface area contributed by atoms with Gasteiger partial charge in [0, 0.05) is 11.1 Å². The molecule has 76 valence electrons. The fraction of sp³-hybridized carbons (Fsp3) is 0.0769. The lowest BCUT2D eigenvalue weighted by Crippen LogP contribution is -2.53. The van der Waals surface area contributed by atoms with Gasteiger partial charge in [0.1, 0.15) is 11.9 Å². The zero-order valence-corrected chi connectivity index (χ0v) is 8.36. The van der Waals surface area contributed by atoms with Crippen molar-refractivity contribution in [2.24, 2.45) is 0 Å². The normalized spacial score (nSPS) is 12.4. The average molecular weight is 202 g/mol. The molecule has 1 atom stereocenters. The number of hydrogen-bond acceptors (Lipinski definition) is 0. The summed E-state index contributed by atoms with van der Waals surface area (Å²) in [6.45, 7) is 0. The number of halogens is 1. The Morgan fingerprint density at radius 2 is 1.33 bits per heavy atom. The van der Waals surface area contributed by atoms with Crippen molar-refractivity contribution in [1.82, 2.24) is 0 Å².